The average Bonchev–Trinajstić information content (AvgIpc) is 4.14. The standard InChI is InChI=1S/C60H39N9/c1-4-16-46(17-5-1)67-52-25-13-10-22-49(52)61-58(67)43-34-28-40(29-35-43)55-64-56(41-30-36-44(37-31-41)59-62-50-23-11-14-26-53(50)68(59)47-18-6-2-7-19-47)66-57(65-55)42-32-38-45(39-33-42)60-63-51-24-12-15-27-54(51)69(60)48-20-8-3-9-21-48/h1-39H. The van der Waals surface area contributed by atoms with Gasteiger partial charge in [0.05, 0.1) is 33.1 Å². The van der Waals surface area contributed by atoms with E-state index in [0.717, 1.165) is 101 Å². The summed E-state index contributed by atoms with van der Waals surface area (Å²) >= 11 is 0. The number of hydrogen-bond donors (Lipinski definition) is 0. The number of para-hydroxylation sites is 9. The van der Waals surface area contributed by atoms with E-state index in [1.165, 1.54) is 0 Å². The Hall–Kier alpha value is -9.60. The smallest absolute Gasteiger partial charge is 0.164 e. The van der Waals surface area contributed by atoms with Crippen LogP contribution in [0.4, 0.5) is 0 Å². The van der Waals surface area contributed by atoms with Crippen molar-refractivity contribution < 1.29 is 0 Å². The van der Waals surface area contributed by atoms with Crippen LogP contribution in [0.5, 0.6) is 0 Å². The molecule has 4 aromatic heterocycles. The van der Waals surface area contributed by atoms with Crippen molar-refractivity contribution >= 4 is 33.1 Å². The fraction of sp³-hybridized carbons (Fsp3) is 0. The third-order valence-corrected chi connectivity index (χ3v) is 12.6. The molecule has 9 heteroatoms. The van der Waals surface area contributed by atoms with Crippen molar-refractivity contribution in [1.29, 1.82) is 0 Å². The summed E-state index contributed by atoms with van der Waals surface area (Å²) in [5.74, 6) is 4.24. The van der Waals surface area contributed by atoms with E-state index in [2.05, 4.69) is 214 Å². The van der Waals surface area contributed by atoms with Crippen LogP contribution in [0, 0.1) is 0 Å². The van der Waals surface area contributed by atoms with E-state index < -0.39 is 0 Å². The molecule has 13 aromatic rings. The van der Waals surface area contributed by atoms with Gasteiger partial charge >= 0.3 is 0 Å². The molecule has 0 spiro atoms. The molecular weight excluding hydrogens is 847 g/mol. The Balaban J connectivity index is 0.914. The minimum Gasteiger partial charge on any atom is -0.292 e. The quantitative estimate of drug-likeness (QED) is 0.143. The Kier molecular flexibility index (Phi) is 9.61. The molecule has 0 saturated heterocycles. The number of benzene rings is 9. The van der Waals surface area contributed by atoms with Gasteiger partial charge in [-0.25, -0.2) is 29.9 Å². The van der Waals surface area contributed by atoms with Gasteiger partial charge in [-0.15, -0.1) is 0 Å². The van der Waals surface area contributed by atoms with Crippen LogP contribution < -0.4 is 0 Å². The molecule has 4 heterocycles. The van der Waals surface area contributed by atoms with E-state index in [9.17, 15) is 0 Å². The zero-order valence-electron chi connectivity index (χ0n) is 37.0. The summed E-state index contributed by atoms with van der Waals surface area (Å²) in [6, 6.07) is 80.8. The Morgan fingerprint density at radius 3 is 0.710 bits per heavy atom. The van der Waals surface area contributed by atoms with E-state index in [0.29, 0.717) is 17.5 Å². The van der Waals surface area contributed by atoms with Crippen molar-refractivity contribution in [3.05, 3.63) is 237 Å². The highest BCUT2D eigenvalue weighted by Gasteiger charge is 2.20. The highest BCUT2D eigenvalue weighted by atomic mass is 15.1. The monoisotopic (exact) mass is 885 g/mol. The van der Waals surface area contributed by atoms with Gasteiger partial charge in [0.15, 0.2) is 17.5 Å². The number of nitrogens with zero attached hydrogens (tertiary/aromatic N) is 9. The highest BCUT2D eigenvalue weighted by Crippen LogP contribution is 2.35. The molecule has 0 aliphatic carbocycles. The summed E-state index contributed by atoms with van der Waals surface area (Å²) < 4.78 is 6.63. The van der Waals surface area contributed by atoms with Gasteiger partial charge in [-0.1, -0.05) is 164 Å². The number of hydrogen-bond acceptors (Lipinski definition) is 6. The normalized spacial score (nSPS) is 11.5. The molecule has 0 radical (unpaired) electrons. The minimum atomic E-state index is 0.558. The Bertz CT molecular complexity index is 3540. The van der Waals surface area contributed by atoms with Crippen LogP contribution >= 0.6 is 0 Å². The van der Waals surface area contributed by atoms with Gasteiger partial charge in [-0.05, 0) is 72.8 Å². The van der Waals surface area contributed by atoms with Gasteiger partial charge in [0.25, 0.3) is 0 Å². The van der Waals surface area contributed by atoms with Crippen LogP contribution in [0.15, 0.2) is 237 Å². The van der Waals surface area contributed by atoms with E-state index in [4.69, 9.17) is 29.9 Å². The first-order valence-electron chi connectivity index (χ1n) is 22.9. The molecule has 0 amide bonds. The number of imidazole rings is 3. The molecule has 69 heavy (non-hydrogen) atoms. The van der Waals surface area contributed by atoms with Gasteiger partial charge in [-0.3, -0.25) is 13.7 Å². The molecule has 0 aliphatic heterocycles. The lowest BCUT2D eigenvalue weighted by atomic mass is 10.1. The largest absolute Gasteiger partial charge is 0.292 e. The Morgan fingerprint density at radius 1 is 0.203 bits per heavy atom. The molecule has 9 aromatic carbocycles. The lowest BCUT2D eigenvalue weighted by molar-refractivity contribution is 1.07. The van der Waals surface area contributed by atoms with Gasteiger partial charge < -0.3 is 0 Å². The maximum absolute atomic E-state index is 5.16. The second-order valence-corrected chi connectivity index (χ2v) is 16.8. The molecule has 0 unspecified atom stereocenters. The van der Waals surface area contributed by atoms with Crippen molar-refractivity contribution in [2.24, 2.45) is 0 Å². The van der Waals surface area contributed by atoms with E-state index in [1.54, 1.807) is 0 Å². The van der Waals surface area contributed by atoms with Crippen molar-refractivity contribution in [2.45, 2.75) is 0 Å². The van der Waals surface area contributed by atoms with Gasteiger partial charge in [0.2, 0.25) is 0 Å². The van der Waals surface area contributed by atoms with Gasteiger partial charge in [-0.2, -0.15) is 0 Å². The summed E-state index contributed by atoms with van der Waals surface area (Å²) in [7, 11) is 0. The molecule has 13 rings (SSSR count). The first-order valence-corrected chi connectivity index (χ1v) is 22.9. The van der Waals surface area contributed by atoms with Crippen LogP contribution in [-0.2, 0) is 0 Å². The van der Waals surface area contributed by atoms with Gasteiger partial charge in [0.1, 0.15) is 17.5 Å². The number of rotatable bonds is 9. The molecule has 0 aliphatic rings. The van der Waals surface area contributed by atoms with Crippen LogP contribution in [0.2, 0.25) is 0 Å². The maximum atomic E-state index is 5.16. The van der Waals surface area contributed by atoms with E-state index >= 15 is 0 Å². The van der Waals surface area contributed by atoms with Crippen LogP contribution in [-0.4, -0.2) is 43.6 Å². The highest BCUT2D eigenvalue weighted by molar-refractivity contribution is 5.86. The van der Waals surface area contributed by atoms with Crippen molar-refractivity contribution in [3.63, 3.8) is 0 Å². The second kappa shape index (κ2) is 16.7. The first-order chi connectivity index (χ1) is 34.2. The third-order valence-electron chi connectivity index (χ3n) is 12.6. The Morgan fingerprint density at radius 2 is 0.435 bits per heavy atom. The lowest BCUT2D eigenvalue weighted by Crippen LogP contribution is -2.01. The molecule has 0 saturated carbocycles. The minimum absolute atomic E-state index is 0.558. The molecule has 0 bridgehead atoms. The van der Waals surface area contributed by atoms with Crippen molar-refractivity contribution in [1.82, 2.24) is 43.6 Å². The summed E-state index contributed by atoms with van der Waals surface area (Å²) in [6.07, 6.45) is 0. The Labute approximate surface area is 397 Å². The maximum Gasteiger partial charge on any atom is 0.164 e. The summed E-state index contributed by atoms with van der Waals surface area (Å²) in [5.41, 5.74) is 14.5. The van der Waals surface area contributed by atoms with E-state index in [1.807, 2.05) is 36.4 Å². The number of fused-ring (bicyclic) bond motifs is 3. The van der Waals surface area contributed by atoms with Crippen molar-refractivity contribution in [3.8, 4) is 85.4 Å². The summed E-state index contributed by atoms with van der Waals surface area (Å²) in [5, 5.41) is 0. The topological polar surface area (TPSA) is 92.1 Å². The SMILES string of the molecule is c1ccc(-n2c(-c3ccc(-c4nc(-c5ccc(-c6nc7ccccc7n6-c6ccccc6)cc5)nc(-c5ccc(-c6nc7ccccc7n6-c6ccccc6)cc5)n4)cc3)nc3ccccc32)cc1. The zero-order chi connectivity index (χ0) is 45.7. The zero-order valence-corrected chi connectivity index (χ0v) is 37.0. The predicted octanol–water partition coefficient (Wildman–Crippen LogP) is 13.9. The molecule has 9 nitrogen and oxygen atoms in total. The van der Waals surface area contributed by atoms with Gasteiger partial charge in [0, 0.05) is 50.4 Å². The third kappa shape index (κ3) is 7.13. The fourth-order valence-corrected chi connectivity index (χ4v) is 9.24. The molecule has 324 valence electrons. The summed E-state index contributed by atoms with van der Waals surface area (Å²) in [4.78, 5) is 30.8. The average molecular weight is 886 g/mol. The lowest BCUT2D eigenvalue weighted by Gasteiger charge is -2.12. The summed E-state index contributed by atoms with van der Waals surface area (Å²) in [6.45, 7) is 0. The van der Waals surface area contributed by atoms with Crippen molar-refractivity contribution in [2.75, 3.05) is 0 Å². The molecule has 0 atom stereocenters. The first kappa shape index (κ1) is 39.7. The van der Waals surface area contributed by atoms with Crippen LogP contribution in [0.1, 0.15) is 0 Å². The van der Waals surface area contributed by atoms with Crippen LogP contribution in [0.3, 0.4) is 0 Å². The molecular formula is C60H39N9. The number of aromatic nitrogens is 9. The predicted molar refractivity (Wildman–Crippen MR) is 276 cm³/mol. The molecule has 0 fully saturated rings. The fourth-order valence-electron chi connectivity index (χ4n) is 9.24. The second-order valence-electron chi connectivity index (χ2n) is 16.8. The molecule has 0 N–H and O–H groups in total. The van der Waals surface area contributed by atoms with E-state index in [-0.39, 0.29) is 0 Å². The van der Waals surface area contributed by atoms with Crippen LogP contribution in [0.25, 0.3) is 118 Å².